The van der Waals surface area contributed by atoms with Crippen molar-refractivity contribution in [3.63, 3.8) is 0 Å². The lowest BCUT2D eigenvalue weighted by molar-refractivity contribution is 0.489. The van der Waals surface area contributed by atoms with Crippen LogP contribution in [0.2, 0.25) is 0 Å². The van der Waals surface area contributed by atoms with Crippen LogP contribution in [0, 0.1) is 12.8 Å². The molecule has 0 aliphatic rings. The predicted octanol–water partition coefficient (Wildman–Crippen LogP) is 3.65. The maximum absolute atomic E-state index is 5.87. The monoisotopic (exact) mass is 251 g/mol. The van der Waals surface area contributed by atoms with Gasteiger partial charge in [-0.15, -0.1) is 0 Å². The summed E-state index contributed by atoms with van der Waals surface area (Å²) in [5, 5.41) is 0. The van der Waals surface area contributed by atoms with Gasteiger partial charge in [-0.3, -0.25) is 0 Å². The van der Waals surface area contributed by atoms with Crippen LogP contribution in [0.25, 0.3) is 0 Å². The van der Waals surface area contributed by atoms with Crippen molar-refractivity contribution < 1.29 is 0 Å². The van der Waals surface area contributed by atoms with Gasteiger partial charge in [-0.25, -0.2) is 0 Å². The minimum Gasteiger partial charge on any atom is -0.330 e. The molecule has 1 aromatic rings. The van der Waals surface area contributed by atoms with E-state index >= 15 is 0 Å². The van der Waals surface area contributed by atoms with Crippen molar-refractivity contribution in [3.8, 4) is 0 Å². The molecule has 2 N–H and O–H groups in total. The molecule has 0 fully saturated rings. The van der Waals surface area contributed by atoms with Crippen molar-refractivity contribution in [2.75, 3.05) is 18.1 Å². The molecule has 0 aromatic heterocycles. The zero-order valence-corrected chi connectivity index (χ0v) is 11.9. The van der Waals surface area contributed by atoms with Crippen LogP contribution < -0.4 is 5.73 Å². The zero-order valence-electron chi connectivity index (χ0n) is 11.1. The van der Waals surface area contributed by atoms with Gasteiger partial charge in [0.05, 0.1) is 0 Å². The van der Waals surface area contributed by atoms with Gasteiger partial charge in [0.15, 0.2) is 0 Å². The maximum Gasteiger partial charge on any atom is -0.00457 e. The lowest BCUT2D eigenvalue weighted by atomic mass is 9.94. The minimum atomic E-state index is 0.647. The van der Waals surface area contributed by atoms with Gasteiger partial charge in [-0.2, -0.15) is 11.8 Å². The quantitative estimate of drug-likeness (QED) is 0.714. The molecule has 1 unspecified atom stereocenters. The van der Waals surface area contributed by atoms with E-state index in [1.54, 1.807) is 0 Å². The molecule has 96 valence electrons. The smallest absolute Gasteiger partial charge is 0.00457 e. The van der Waals surface area contributed by atoms with E-state index in [1.165, 1.54) is 35.5 Å². The van der Waals surface area contributed by atoms with Crippen LogP contribution in [0.3, 0.4) is 0 Å². The first kappa shape index (κ1) is 14.6. The first-order valence-corrected chi connectivity index (χ1v) is 7.75. The molecule has 17 heavy (non-hydrogen) atoms. The van der Waals surface area contributed by atoms with E-state index in [-0.39, 0.29) is 0 Å². The second-order valence-corrected chi connectivity index (χ2v) is 6.03. The average Bonchev–Trinajstić information content (AvgIpc) is 2.33. The number of rotatable bonds is 8. The third-order valence-corrected chi connectivity index (χ3v) is 4.03. The van der Waals surface area contributed by atoms with Crippen LogP contribution in [0.1, 0.15) is 30.9 Å². The standard InChI is InChI=1S/C15H25NS/c1-3-17-9-5-8-15(12-16)11-14-7-4-6-13(2)10-14/h4,6-7,10,15H,3,5,8-9,11-12,16H2,1-2H3. The fourth-order valence-corrected chi connectivity index (χ4v) is 2.75. The Hall–Kier alpha value is -0.470. The molecule has 0 aliphatic carbocycles. The van der Waals surface area contributed by atoms with Gasteiger partial charge in [0.2, 0.25) is 0 Å². The number of hydrogen-bond acceptors (Lipinski definition) is 2. The Morgan fingerprint density at radius 2 is 2.18 bits per heavy atom. The van der Waals surface area contributed by atoms with Gasteiger partial charge >= 0.3 is 0 Å². The summed E-state index contributed by atoms with van der Waals surface area (Å²) in [6, 6.07) is 8.80. The van der Waals surface area contributed by atoms with Gasteiger partial charge in [0, 0.05) is 0 Å². The molecule has 1 nitrogen and oxygen atoms in total. The Balaban J connectivity index is 2.35. The predicted molar refractivity (Wildman–Crippen MR) is 79.7 cm³/mol. The Morgan fingerprint density at radius 3 is 2.82 bits per heavy atom. The fourth-order valence-electron chi connectivity index (χ4n) is 2.09. The Kier molecular flexibility index (Phi) is 7.38. The third-order valence-electron chi connectivity index (χ3n) is 3.05. The van der Waals surface area contributed by atoms with Crippen LogP contribution in [0.15, 0.2) is 24.3 Å². The number of nitrogens with two attached hydrogens (primary N) is 1. The van der Waals surface area contributed by atoms with E-state index in [0.717, 1.165) is 13.0 Å². The summed E-state index contributed by atoms with van der Waals surface area (Å²) in [7, 11) is 0. The van der Waals surface area contributed by atoms with Gasteiger partial charge in [0.1, 0.15) is 0 Å². The summed E-state index contributed by atoms with van der Waals surface area (Å²) >= 11 is 2.03. The molecule has 0 bridgehead atoms. The van der Waals surface area contributed by atoms with Crippen LogP contribution in [-0.4, -0.2) is 18.1 Å². The molecule has 0 saturated carbocycles. The van der Waals surface area contributed by atoms with Crippen LogP contribution in [-0.2, 0) is 6.42 Å². The van der Waals surface area contributed by atoms with Crippen molar-refractivity contribution in [1.82, 2.24) is 0 Å². The highest BCUT2D eigenvalue weighted by Gasteiger charge is 2.07. The summed E-state index contributed by atoms with van der Waals surface area (Å²) in [6.07, 6.45) is 3.69. The van der Waals surface area contributed by atoms with E-state index in [1.807, 2.05) is 11.8 Å². The Bertz CT molecular complexity index is 312. The molecule has 0 aliphatic heterocycles. The second-order valence-electron chi connectivity index (χ2n) is 4.63. The fraction of sp³-hybridized carbons (Fsp3) is 0.600. The topological polar surface area (TPSA) is 26.0 Å². The molecule has 1 rings (SSSR count). The number of benzene rings is 1. The Morgan fingerprint density at radius 1 is 1.35 bits per heavy atom. The van der Waals surface area contributed by atoms with Crippen molar-refractivity contribution in [2.45, 2.75) is 33.1 Å². The summed E-state index contributed by atoms with van der Waals surface area (Å²) in [6.45, 7) is 5.18. The van der Waals surface area contributed by atoms with E-state index in [9.17, 15) is 0 Å². The lowest BCUT2D eigenvalue weighted by Crippen LogP contribution is -2.17. The first-order chi connectivity index (χ1) is 8.26. The second kappa shape index (κ2) is 8.60. The summed E-state index contributed by atoms with van der Waals surface area (Å²) in [5.41, 5.74) is 8.65. The van der Waals surface area contributed by atoms with Crippen molar-refractivity contribution >= 4 is 11.8 Å². The van der Waals surface area contributed by atoms with Crippen molar-refractivity contribution in [2.24, 2.45) is 11.7 Å². The number of thioether (sulfide) groups is 1. The molecular weight excluding hydrogens is 226 g/mol. The molecule has 1 atom stereocenters. The van der Waals surface area contributed by atoms with E-state index in [0.29, 0.717) is 5.92 Å². The average molecular weight is 251 g/mol. The molecule has 2 heteroatoms. The van der Waals surface area contributed by atoms with E-state index in [2.05, 4.69) is 38.1 Å². The maximum atomic E-state index is 5.87. The largest absolute Gasteiger partial charge is 0.330 e. The lowest BCUT2D eigenvalue weighted by Gasteiger charge is -2.14. The highest BCUT2D eigenvalue weighted by Crippen LogP contribution is 2.16. The first-order valence-electron chi connectivity index (χ1n) is 6.59. The highest BCUT2D eigenvalue weighted by atomic mass is 32.2. The normalized spacial score (nSPS) is 12.6. The molecule has 0 amide bonds. The third kappa shape index (κ3) is 6.13. The number of aryl methyl sites for hydroxylation is 1. The molecule has 0 radical (unpaired) electrons. The van der Waals surface area contributed by atoms with Gasteiger partial charge < -0.3 is 5.73 Å². The molecule has 1 aromatic carbocycles. The molecular formula is C15H25NS. The van der Waals surface area contributed by atoms with Crippen LogP contribution >= 0.6 is 11.8 Å². The molecule has 0 spiro atoms. The highest BCUT2D eigenvalue weighted by molar-refractivity contribution is 7.99. The molecule has 0 heterocycles. The van der Waals surface area contributed by atoms with Crippen molar-refractivity contribution in [1.29, 1.82) is 0 Å². The summed E-state index contributed by atoms with van der Waals surface area (Å²) in [5.74, 6) is 3.15. The van der Waals surface area contributed by atoms with Gasteiger partial charge in [-0.05, 0) is 55.7 Å². The minimum absolute atomic E-state index is 0.647. The van der Waals surface area contributed by atoms with E-state index in [4.69, 9.17) is 5.73 Å². The van der Waals surface area contributed by atoms with Crippen molar-refractivity contribution in [3.05, 3.63) is 35.4 Å². The zero-order chi connectivity index (χ0) is 12.5. The van der Waals surface area contributed by atoms with E-state index < -0.39 is 0 Å². The Labute approximate surface area is 110 Å². The molecule has 0 saturated heterocycles. The van der Waals surface area contributed by atoms with Gasteiger partial charge in [0.25, 0.3) is 0 Å². The van der Waals surface area contributed by atoms with Crippen LogP contribution in [0.5, 0.6) is 0 Å². The van der Waals surface area contributed by atoms with Crippen LogP contribution in [0.4, 0.5) is 0 Å². The SMILES string of the molecule is CCSCCCC(CN)Cc1cccc(C)c1. The summed E-state index contributed by atoms with van der Waals surface area (Å²) < 4.78 is 0. The van der Waals surface area contributed by atoms with Gasteiger partial charge in [-0.1, -0.05) is 36.8 Å². The summed E-state index contributed by atoms with van der Waals surface area (Å²) in [4.78, 5) is 0. The number of hydrogen-bond donors (Lipinski definition) is 1.